The normalized spacial score (nSPS) is 19.9. The van der Waals surface area contributed by atoms with Crippen molar-refractivity contribution in [3.8, 4) is 0 Å². The predicted octanol–water partition coefficient (Wildman–Crippen LogP) is 3.88. The number of rotatable bonds is 8. The van der Waals surface area contributed by atoms with Crippen LogP contribution in [-0.4, -0.2) is 50.8 Å². The van der Waals surface area contributed by atoms with E-state index in [-0.39, 0.29) is 41.4 Å². The molecule has 1 aliphatic heterocycles. The Hall–Kier alpha value is -0.870. The first kappa shape index (κ1) is 26.2. The molecule has 2 unspecified atom stereocenters. The molecule has 0 radical (unpaired) electrons. The van der Waals surface area contributed by atoms with E-state index < -0.39 is 0 Å². The van der Waals surface area contributed by atoms with Crippen molar-refractivity contribution < 1.29 is 9.53 Å². The number of nitrogens with one attached hydrogen (secondary N) is 3. The lowest BCUT2D eigenvalue weighted by Crippen LogP contribution is -2.43. The van der Waals surface area contributed by atoms with Gasteiger partial charge in [0.1, 0.15) is 0 Å². The quantitative estimate of drug-likeness (QED) is 0.204. The molecule has 1 aromatic rings. The van der Waals surface area contributed by atoms with E-state index in [9.17, 15) is 4.79 Å². The van der Waals surface area contributed by atoms with Gasteiger partial charge in [-0.15, -0.1) is 35.3 Å². The van der Waals surface area contributed by atoms with Gasteiger partial charge in [0.2, 0.25) is 0 Å². The Morgan fingerprint density at radius 1 is 1.28 bits per heavy atom. The Morgan fingerprint density at radius 3 is 2.69 bits per heavy atom. The lowest BCUT2D eigenvalue weighted by atomic mass is 9.78. The number of thiophene rings is 1. The van der Waals surface area contributed by atoms with E-state index in [2.05, 4.69) is 43.6 Å². The van der Waals surface area contributed by atoms with Crippen LogP contribution in [0, 0.1) is 11.3 Å². The first-order valence-corrected chi connectivity index (χ1v) is 11.2. The van der Waals surface area contributed by atoms with Crippen molar-refractivity contribution in [1.29, 1.82) is 0 Å². The van der Waals surface area contributed by atoms with Gasteiger partial charge in [0, 0.05) is 38.7 Å². The number of guanidine groups is 1. The highest BCUT2D eigenvalue weighted by Gasteiger charge is 2.35. The second kappa shape index (κ2) is 13.4. The van der Waals surface area contributed by atoms with Gasteiger partial charge in [-0.2, -0.15) is 0 Å². The van der Waals surface area contributed by atoms with Gasteiger partial charge in [0.25, 0.3) is 5.91 Å². The van der Waals surface area contributed by atoms with Crippen molar-refractivity contribution in [3.63, 3.8) is 0 Å². The van der Waals surface area contributed by atoms with Gasteiger partial charge in [-0.25, -0.2) is 0 Å². The fourth-order valence-corrected chi connectivity index (χ4v) is 4.17. The number of ether oxygens (including phenoxy) is 1. The first-order chi connectivity index (χ1) is 13.4. The zero-order valence-corrected chi connectivity index (χ0v) is 21.3. The molecule has 166 valence electrons. The van der Waals surface area contributed by atoms with Crippen LogP contribution in [0.15, 0.2) is 22.5 Å². The minimum Gasteiger partial charge on any atom is -0.377 e. The molecule has 1 amide bonds. The van der Waals surface area contributed by atoms with Gasteiger partial charge in [0.15, 0.2) is 5.96 Å². The second-order valence-corrected chi connectivity index (χ2v) is 9.24. The fraction of sp³-hybridized carbons (Fsp3) is 0.714. The maximum absolute atomic E-state index is 11.9. The van der Waals surface area contributed by atoms with Crippen molar-refractivity contribution in [1.82, 2.24) is 16.0 Å². The third kappa shape index (κ3) is 9.21. The van der Waals surface area contributed by atoms with Gasteiger partial charge in [-0.3, -0.25) is 9.79 Å². The standard InChI is InChI=1S/C21H36N4O2S.HI/c1-5-22-20(24-12-8-11-23-19(26)17-10-7-14-28-17)25-15-16-9-6-13-27-18(16)21(2,3)4;/h7,10,14,16,18H,5-6,8-9,11-13,15H2,1-4H3,(H,23,26)(H2,22,24,25);1H. The van der Waals surface area contributed by atoms with Crippen LogP contribution in [0.25, 0.3) is 0 Å². The molecule has 0 spiro atoms. The smallest absolute Gasteiger partial charge is 0.261 e. The van der Waals surface area contributed by atoms with E-state index in [1.54, 1.807) is 0 Å². The Morgan fingerprint density at radius 2 is 2.03 bits per heavy atom. The molecule has 1 aromatic heterocycles. The SMILES string of the molecule is CCNC(=NCC1CCCOC1C(C)(C)C)NCCCNC(=O)c1cccs1.I. The van der Waals surface area contributed by atoms with Crippen LogP contribution >= 0.6 is 35.3 Å². The van der Waals surface area contributed by atoms with E-state index in [4.69, 9.17) is 9.73 Å². The van der Waals surface area contributed by atoms with Crippen LogP contribution in [0.2, 0.25) is 0 Å². The van der Waals surface area contributed by atoms with Crippen molar-refractivity contribution >= 4 is 47.2 Å². The van der Waals surface area contributed by atoms with Crippen molar-refractivity contribution in [3.05, 3.63) is 22.4 Å². The summed E-state index contributed by atoms with van der Waals surface area (Å²) in [7, 11) is 0. The average molecular weight is 537 g/mol. The van der Waals surface area contributed by atoms with Gasteiger partial charge in [0.05, 0.1) is 11.0 Å². The molecule has 1 aliphatic rings. The topological polar surface area (TPSA) is 74.8 Å². The van der Waals surface area contributed by atoms with Crippen molar-refractivity contribution in [2.75, 3.05) is 32.8 Å². The highest BCUT2D eigenvalue weighted by molar-refractivity contribution is 14.0. The summed E-state index contributed by atoms with van der Waals surface area (Å²) in [5.41, 5.74) is 0.132. The molecule has 0 aromatic carbocycles. The lowest BCUT2D eigenvalue weighted by Gasteiger charge is -2.39. The minimum absolute atomic E-state index is 0. The zero-order chi connectivity index (χ0) is 20.4. The highest BCUT2D eigenvalue weighted by Crippen LogP contribution is 2.34. The number of nitrogens with zero attached hydrogens (tertiary/aromatic N) is 1. The largest absolute Gasteiger partial charge is 0.377 e. The maximum atomic E-state index is 11.9. The molecule has 29 heavy (non-hydrogen) atoms. The molecule has 2 rings (SSSR count). The maximum Gasteiger partial charge on any atom is 0.261 e. The summed E-state index contributed by atoms with van der Waals surface area (Å²) in [5, 5.41) is 11.5. The van der Waals surface area contributed by atoms with Gasteiger partial charge >= 0.3 is 0 Å². The van der Waals surface area contributed by atoms with Crippen molar-refractivity contribution in [2.45, 2.75) is 53.1 Å². The number of halogens is 1. The molecule has 8 heteroatoms. The van der Waals surface area contributed by atoms with Gasteiger partial charge in [-0.05, 0) is 43.0 Å². The van der Waals surface area contributed by atoms with E-state index >= 15 is 0 Å². The highest BCUT2D eigenvalue weighted by atomic mass is 127. The summed E-state index contributed by atoms with van der Waals surface area (Å²) >= 11 is 1.46. The summed E-state index contributed by atoms with van der Waals surface area (Å²) in [6.07, 6.45) is 3.37. The number of hydrogen-bond acceptors (Lipinski definition) is 4. The average Bonchev–Trinajstić information content (AvgIpc) is 3.20. The van der Waals surface area contributed by atoms with Crippen LogP contribution in [-0.2, 0) is 4.74 Å². The number of hydrogen-bond donors (Lipinski definition) is 3. The molecule has 6 nitrogen and oxygen atoms in total. The second-order valence-electron chi connectivity index (χ2n) is 8.29. The molecule has 0 bridgehead atoms. The lowest BCUT2D eigenvalue weighted by molar-refractivity contribution is -0.0823. The van der Waals surface area contributed by atoms with E-state index in [1.165, 1.54) is 17.8 Å². The summed E-state index contributed by atoms with van der Waals surface area (Å²) in [4.78, 5) is 17.5. The molecular weight excluding hydrogens is 499 g/mol. The molecule has 3 N–H and O–H groups in total. The Bertz CT molecular complexity index is 617. The fourth-order valence-electron chi connectivity index (χ4n) is 3.53. The third-order valence-corrected chi connectivity index (χ3v) is 5.67. The summed E-state index contributed by atoms with van der Waals surface area (Å²) in [6, 6.07) is 3.73. The van der Waals surface area contributed by atoms with Gasteiger partial charge < -0.3 is 20.7 Å². The molecule has 2 heterocycles. The Labute approximate surface area is 196 Å². The number of aliphatic imine (C=N–C) groups is 1. The van der Waals surface area contributed by atoms with Crippen LogP contribution in [0.1, 0.15) is 56.6 Å². The van der Waals surface area contributed by atoms with Crippen LogP contribution in [0.5, 0.6) is 0 Å². The van der Waals surface area contributed by atoms with Gasteiger partial charge in [-0.1, -0.05) is 26.8 Å². The minimum atomic E-state index is 0. The molecule has 2 atom stereocenters. The number of carbonyl (C=O) groups excluding carboxylic acids is 1. The molecule has 0 saturated carbocycles. The molecule has 1 saturated heterocycles. The van der Waals surface area contributed by atoms with E-state index in [1.807, 2.05) is 17.5 Å². The summed E-state index contributed by atoms with van der Waals surface area (Å²) < 4.78 is 6.06. The number of carbonyl (C=O) groups is 1. The van der Waals surface area contributed by atoms with Crippen LogP contribution < -0.4 is 16.0 Å². The van der Waals surface area contributed by atoms with Crippen LogP contribution in [0.4, 0.5) is 0 Å². The Kier molecular flexibility index (Phi) is 12.1. The predicted molar refractivity (Wildman–Crippen MR) is 133 cm³/mol. The molecule has 0 aliphatic carbocycles. The monoisotopic (exact) mass is 536 g/mol. The van der Waals surface area contributed by atoms with E-state index in [0.29, 0.717) is 12.5 Å². The summed E-state index contributed by atoms with van der Waals surface area (Å²) in [6.45, 7) is 12.7. The number of amides is 1. The zero-order valence-electron chi connectivity index (χ0n) is 18.1. The van der Waals surface area contributed by atoms with E-state index in [0.717, 1.165) is 49.9 Å². The Balaban J connectivity index is 0.00000420. The summed E-state index contributed by atoms with van der Waals surface area (Å²) in [5.74, 6) is 1.29. The van der Waals surface area contributed by atoms with Crippen LogP contribution in [0.3, 0.4) is 0 Å². The molecule has 1 fully saturated rings. The van der Waals surface area contributed by atoms with Crippen molar-refractivity contribution in [2.24, 2.45) is 16.3 Å². The third-order valence-electron chi connectivity index (χ3n) is 4.80. The molecular formula is C21H37IN4O2S. The first-order valence-electron chi connectivity index (χ1n) is 10.4.